The van der Waals surface area contributed by atoms with Gasteiger partial charge in [-0.2, -0.15) is 18.4 Å². The Bertz CT molecular complexity index is 594. The monoisotopic (exact) mass is 307 g/mol. The topological polar surface area (TPSA) is 82.8 Å². The quantitative estimate of drug-likeness (QED) is 0.813. The fourth-order valence-corrected chi connectivity index (χ4v) is 2.48. The first kappa shape index (κ1) is 16.4. The van der Waals surface area contributed by atoms with Gasteiger partial charge in [-0.25, -0.2) is 13.1 Å². The zero-order chi connectivity index (χ0) is 15.2. The third-order valence-electron chi connectivity index (χ3n) is 2.40. The van der Waals surface area contributed by atoms with Gasteiger partial charge in [0.2, 0.25) is 10.0 Å². The van der Waals surface area contributed by atoms with Crippen molar-refractivity contribution in [3.8, 4) is 6.07 Å². The summed E-state index contributed by atoms with van der Waals surface area (Å²) in [5.74, 6) is -0.299. The molecule has 0 spiro atoms. The van der Waals surface area contributed by atoms with Crippen LogP contribution < -0.4 is 4.72 Å². The van der Waals surface area contributed by atoms with E-state index in [2.05, 4.69) is 9.71 Å². The summed E-state index contributed by atoms with van der Waals surface area (Å²) in [5.41, 5.74) is -1.17. The number of alkyl halides is 3. The minimum atomic E-state index is -4.59. The zero-order valence-electron chi connectivity index (χ0n) is 10.3. The van der Waals surface area contributed by atoms with E-state index in [1.54, 1.807) is 6.07 Å². The summed E-state index contributed by atoms with van der Waals surface area (Å²) >= 11 is 0. The molecule has 0 amide bonds. The Labute approximate surface area is 114 Å². The number of sulfonamides is 1. The van der Waals surface area contributed by atoms with Gasteiger partial charge in [0.15, 0.2) is 0 Å². The number of rotatable bonds is 6. The summed E-state index contributed by atoms with van der Waals surface area (Å²) < 4.78 is 63.1. The first-order valence-electron chi connectivity index (χ1n) is 5.60. The number of aromatic nitrogens is 1. The van der Waals surface area contributed by atoms with Crippen molar-refractivity contribution in [2.75, 3.05) is 5.75 Å². The van der Waals surface area contributed by atoms with E-state index < -0.39 is 28.3 Å². The minimum absolute atomic E-state index is 0.0734. The molecule has 9 heteroatoms. The number of unbranched alkanes of at least 4 members (excludes halogenated alkanes) is 1. The number of nitrogens with zero attached hydrogens (tertiary/aromatic N) is 2. The Morgan fingerprint density at radius 2 is 2.10 bits per heavy atom. The lowest BCUT2D eigenvalue weighted by Crippen LogP contribution is -2.27. The van der Waals surface area contributed by atoms with Crippen molar-refractivity contribution >= 4 is 10.0 Å². The molecule has 1 rings (SSSR count). The third-order valence-corrected chi connectivity index (χ3v) is 3.81. The lowest BCUT2D eigenvalue weighted by molar-refractivity contribution is -0.138. The van der Waals surface area contributed by atoms with E-state index in [4.69, 9.17) is 5.26 Å². The molecule has 20 heavy (non-hydrogen) atoms. The Balaban J connectivity index is 2.74. The van der Waals surface area contributed by atoms with E-state index >= 15 is 0 Å². The van der Waals surface area contributed by atoms with Crippen LogP contribution in [0.4, 0.5) is 13.2 Å². The predicted molar refractivity (Wildman–Crippen MR) is 64.7 cm³/mol. The number of nitrogens with one attached hydrogen (secondary N) is 1. The van der Waals surface area contributed by atoms with Gasteiger partial charge >= 0.3 is 6.18 Å². The highest BCUT2D eigenvalue weighted by atomic mass is 32.2. The molecule has 1 N–H and O–H groups in total. The van der Waals surface area contributed by atoms with Crippen LogP contribution in [-0.4, -0.2) is 19.2 Å². The lowest BCUT2D eigenvalue weighted by atomic mass is 10.1. The van der Waals surface area contributed by atoms with E-state index in [1.807, 2.05) is 0 Å². The SMILES string of the molecule is N#CCCCS(=O)(=O)NCc1ccncc1C(F)(F)F. The van der Waals surface area contributed by atoms with Gasteiger partial charge in [0.05, 0.1) is 17.4 Å². The molecule has 110 valence electrons. The molecular weight excluding hydrogens is 295 g/mol. The smallest absolute Gasteiger partial charge is 0.264 e. The summed E-state index contributed by atoms with van der Waals surface area (Å²) in [5, 5.41) is 8.30. The maximum absolute atomic E-state index is 12.7. The highest BCUT2D eigenvalue weighted by Gasteiger charge is 2.33. The van der Waals surface area contributed by atoms with Crippen LogP contribution in [0.25, 0.3) is 0 Å². The van der Waals surface area contributed by atoms with Crippen molar-refractivity contribution in [3.05, 3.63) is 29.6 Å². The Morgan fingerprint density at radius 1 is 1.40 bits per heavy atom. The molecule has 0 atom stereocenters. The molecule has 0 aliphatic rings. The second kappa shape index (κ2) is 6.67. The van der Waals surface area contributed by atoms with Crippen LogP contribution >= 0.6 is 0 Å². The first-order chi connectivity index (χ1) is 9.26. The summed E-state index contributed by atoms with van der Waals surface area (Å²) in [4.78, 5) is 3.38. The van der Waals surface area contributed by atoms with E-state index in [0.29, 0.717) is 6.20 Å². The number of hydrogen-bond donors (Lipinski definition) is 1. The van der Waals surface area contributed by atoms with Crippen LogP contribution in [-0.2, 0) is 22.7 Å². The number of pyridine rings is 1. The van der Waals surface area contributed by atoms with E-state index in [-0.39, 0.29) is 24.2 Å². The van der Waals surface area contributed by atoms with Gasteiger partial charge in [-0.1, -0.05) is 0 Å². The van der Waals surface area contributed by atoms with Gasteiger partial charge < -0.3 is 0 Å². The maximum Gasteiger partial charge on any atom is 0.418 e. The third kappa shape index (κ3) is 5.14. The second-order valence-corrected chi connectivity index (χ2v) is 5.86. The lowest BCUT2D eigenvalue weighted by Gasteiger charge is -2.12. The molecule has 0 bridgehead atoms. The number of nitriles is 1. The molecule has 0 aliphatic carbocycles. The number of halogens is 3. The fraction of sp³-hybridized carbons (Fsp3) is 0.455. The van der Waals surface area contributed by atoms with Crippen LogP contribution in [0.15, 0.2) is 18.5 Å². The molecule has 0 aromatic carbocycles. The second-order valence-electron chi connectivity index (χ2n) is 3.93. The van der Waals surface area contributed by atoms with Crippen LogP contribution in [0.3, 0.4) is 0 Å². The van der Waals surface area contributed by atoms with Crippen LogP contribution in [0.2, 0.25) is 0 Å². The summed E-state index contributed by atoms with van der Waals surface area (Å²) in [6.45, 7) is -0.466. The summed E-state index contributed by atoms with van der Waals surface area (Å²) in [7, 11) is -3.70. The van der Waals surface area contributed by atoms with Gasteiger partial charge in [0, 0.05) is 25.4 Å². The van der Waals surface area contributed by atoms with Crippen LogP contribution in [0.1, 0.15) is 24.0 Å². The summed E-state index contributed by atoms with van der Waals surface area (Å²) in [6, 6.07) is 2.91. The Morgan fingerprint density at radius 3 is 2.70 bits per heavy atom. The zero-order valence-corrected chi connectivity index (χ0v) is 11.1. The normalized spacial score (nSPS) is 12.1. The van der Waals surface area contributed by atoms with Gasteiger partial charge in [-0.3, -0.25) is 4.98 Å². The van der Waals surface area contributed by atoms with Gasteiger partial charge in [-0.15, -0.1) is 0 Å². The molecule has 0 unspecified atom stereocenters. The average Bonchev–Trinajstić information content (AvgIpc) is 2.36. The molecular formula is C11H12F3N3O2S. The van der Waals surface area contributed by atoms with Gasteiger partial charge in [-0.05, 0) is 18.1 Å². The summed E-state index contributed by atoms with van der Waals surface area (Å²) in [6.07, 6.45) is -2.57. The molecule has 0 radical (unpaired) electrons. The van der Waals surface area contributed by atoms with Crippen LogP contribution in [0.5, 0.6) is 0 Å². The highest BCUT2D eigenvalue weighted by molar-refractivity contribution is 7.89. The van der Waals surface area contributed by atoms with E-state index in [9.17, 15) is 21.6 Å². The molecule has 1 aromatic heterocycles. The minimum Gasteiger partial charge on any atom is -0.264 e. The predicted octanol–water partition coefficient (Wildman–Crippen LogP) is 1.82. The average molecular weight is 307 g/mol. The molecule has 0 saturated carbocycles. The first-order valence-corrected chi connectivity index (χ1v) is 7.26. The van der Waals surface area contributed by atoms with Crippen molar-refractivity contribution in [2.45, 2.75) is 25.6 Å². The van der Waals surface area contributed by atoms with Crippen molar-refractivity contribution in [2.24, 2.45) is 0 Å². The molecule has 1 aromatic rings. The van der Waals surface area contributed by atoms with Crippen molar-refractivity contribution in [1.82, 2.24) is 9.71 Å². The van der Waals surface area contributed by atoms with Gasteiger partial charge in [0.1, 0.15) is 0 Å². The van der Waals surface area contributed by atoms with E-state index in [1.165, 1.54) is 0 Å². The maximum atomic E-state index is 12.7. The highest BCUT2D eigenvalue weighted by Crippen LogP contribution is 2.31. The van der Waals surface area contributed by atoms with Crippen molar-refractivity contribution in [1.29, 1.82) is 5.26 Å². The van der Waals surface area contributed by atoms with E-state index in [0.717, 1.165) is 12.3 Å². The number of hydrogen-bond acceptors (Lipinski definition) is 4. The Kier molecular flexibility index (Phi) is 5.47. The van der Waals surface area contributed by atoms with Crippen LogP contribution in [0, 0.1) is 11.3 Å². The van der Waals surface area contributed by atoms with Crippen molar-refractivity contribution < 1.29 is 21.6 Å². The van der Waals surface area contributed by atoms with Crippen molar-refractivity contribution in [3.63, 3.8) is 0 Å². The standard InChI is InChI=1S/C11H12F3N3O2S/c12-11(13,14)10-8-16-5-3-9(10)7-17-20(18,19)6-2-1-4-15/h3,5,8,17H,1-2,6-7H2. The molecule has 5 nitrogen and oxygen atoms in total. The Hall–Kier alpha value is -1.66. The molecule has 0 fully saturated rings. The van der Waals surface area contributed by atoms with Gasteiger partial charge in [0.25, 0.3) is 0 Å². The largest absolute Gasteiger partial charge is 0.418 e. The molecule has 0 aliphatic heterocycles. The molecule has 0 saturated heterocycles. The molecule has 1 heterocycles. The fourth-order valence-electron chi connectivity index (χ4n) is 1.43.